The highest BCUT2D eigenvalue weighted by Gasteiger charge is 2.30. The zero-order valence-electron chi connectivity index (χ0n) is 9.54. The van der Waals surface area contributed by atoms with Crippen molar-refractivity contribution in [3.63, 3.8) is 0 Å². The molecule has 0 aromatic rings. The molecule has 15 heavy (non-hydrogen) atoms. The first kappa shape index (κ1) is 12.5. The molecular formula is C11H22N2O2. The molecule has 0 aliphatic carbocycles. The Labute approximate surface area is 91.4 Å². The number of carboxylic acids is 1. The first-order chi connectivity index (χ1) is 7.02. The van der Waals surface area contributed by atoms with Gasteiger partial charge in [0, 0.05) is 6.54 Å². The molecule has 1 atom stereocenters. The smallest absolute Gasteiger partial charge is 0.324 e. The molecule has 1 saturated heterocycles. The lowest BCUT2D eigenvalue weighted by atomic mass is 10.0. The number of nitrogens with zero attached hydrogens (tertiary/aromatic N) is 1. The molecule has 0 spiro atoms. The summed E-state index contributed by atoms with van der Waals surface area (Å²) in [6, 6.07) is 0. The highest BCUT2D eigenvalue weighted by Crippen LogP contribution is 2.12. The fourth-order valence-electron chi connectivity index (χ4n) is 2.00. The van der Waals surface area contributed by atoms with Crippen molar-refractivity contribution in [3.05, 3.63) is 0 Å². The predicted octanol–water partition coefficient (Wildman–Crippen LogP) is 1.05. The molecular weight excluding hydrogens is 192 g/mol. The Morgan fingerprint density at radius 2 is 1.73 bits per heavy atom. The van der Waals surface area contributed by atoms with Crippen LogP contribution in [0.1, 0.15) is 39.0 Å². The van der Waals surface area contributed by atoms with Crippen molar-refractivity contribution in [3.8, 4) is 0 Å². The van der Waals surface area contributed by atoms with Gasteiger partial charge >= 0.3 is 5.97 Å². The van der Waals surface area contributed by atoms with E-state index in [-0.39, 0.29) is 0 Å². The fraction of sp³-hybridized carbons (Fsp3) is 0.909. The van der Waals surface area contributed by atoms with Crippen LogP contribution in [0.25, 0.3) is 0 Å². The van der Waals surface area contributed by atoms with E-state index in [0.717, 1.165) is 25.9 Å². The number of nitrogens with two attached hydrogens (primary N) is 1. The molecule has 3 N–H and O–H groups in total. The second-order valence-corrected chi connectivity index (χ2v) is 4.77. The molecule has 0 amide bonds. The van der Waals surface area contributed by atoms with Crippen molar-refractivity contribution >= 4 is 5.97 Å². The lowest BCUT2D eigenvalue weighted by Gasteiger charge is -2.30. The van der Waals surface area contributed by atoms with Crippen molar-refractivity contribution in [2.45, 2.75) is 44.6 Å². The zero-order valence-corrected chi connectivity index (χ0v) is 9.54. The van der Waals surface area contributed by atoms with Gasteiger partial charge in [-0.2, -0.15) is 0 Å². The van der Waals surface area contributed by atoms with Crippen molar-refractivity contribution in [2.75, 3.05) is 19.6 Å². The summed E-state index contributed by atoms with van der Waals surface area (Å²) in [6.07, 6.45) is 6.15. The van der Waals surface area contributed by atoms with E-state index in [4.69, 9.17) is 10.8 Å². The molecule has 1 aliphatic heterocycles. The molecule has 4 nitrogen and oxygen atoms in total. The average Bonchev–Trinajstić information content (AvgIpc) is 2.09. The number of carbonyl (C=O) groups is 1. The minimum atomic E-state index is -1.11. The Bertz CT molecular complexity index is 209. The van der Waals surface area contributed by atoms with Gasteiger partial charge in [-0.25, -0.2) is 0 Å². The first-order valence-electron chi connectivity index (χ1n) is 5.77. The van der Waals surface area contributed by atoms with Crippen molar-refractivity contribution in [1.82, 2.24) is 4.90 Å². The van der Waals surface area contributed by atoms with E-state index in [1.165, 1.54) is 19.3 Å². The summed E-state index contributed by atoms with van der Waals surface area (Å²) in [7, 11) is 0. The van der Waals surface area contributed by atoms with Gasteiger partial charge in [-0.05, 0) is 32.9 Å². The van der Waals surface area contributed by atoms with E-state index in [9.17, 15) is 4.79 Å². The molecule has 1 unspecified atom stereocenters. The maximum atomic E-state index is 10.9. The maximum Gasteiger partial charge on any atom is 0.324 e. The largest absolute Gasteiger partial charge is 0.480 e. The number of likely N-dealkylation sites (tertiary alicyclic amines) is 1. The van der Waals surface area contributed by atoms with Crippen LogP contribution >= 0.6 is 0 Å². The van der Waals surface area contributed by atoms with Crippen LogP contribution in [0.2, 0.25) is 0 Å². The summed E-state index contributed by atoms with van der Waals surface area (Å²) in [5.41, 5.74) is 4.63. The van der Waals surface area contributed by atoms with Crippen molar-refractivity contribution in [2.24, 2.45) is 5.73 Å². The van der Waals surface area contributed by atoms with Crippen LogP contribution in [0.15, 0.2) is 0 Å². The van der Waals surface area contributed by atoms with Gasteiger partial charge in [-0.1, -0.05) is 19.3 Å². The lowest BCUT2D eigenvalue weighted by Crippen LogP contribution is -2.54. The standard InChI is InChI=1S/C11H22N2O2/c1-11(12,10(14)15)9-13-7-5-3-2-4-6-8-13/h2-9,12H2,1H3,(H,14,15). The molecule has 0 aromatic carbocycles. The summed E-state index contributed by atoms with van der Waals surface area (Å²) < 4.78 is 0. The minimum absolute atomic E-state index is 0.461. The predicted molar refractivity (Wildman–Crippen MR) is 59.8 cm³/mol. The van der Waals surface area contributed by atoms with Crippen LogP contribution in [0.4, 0.5) is 0 Å². The minimum Gasteiger partial charge on any atom is -0.480 e. The third kappa shape index (κ3) is 4.18. The molecule has 0 bridgehead atoms. The van der Waals surface area contributed by atoms with Crippen molar-refractivity contribution < 1.29 is 9.90 Å². The topological polar surface area (TPSA) is 66.6 Å². The van der Waals surface area contributed by atoms with Gasteiger partial charge in [0.1, 0.15) is 5.54 Å². The van der Waals surface area contributed by atoms with Gasteiger partial charge in [-0.15, -0.1) is 0 Å². The molecule has 0 aromatic heterocycles. The van der Waals surface area contributed by atoms with E-state index in [0.29, 0.717) is 6.54 Å². The van der Waals surface area contributed by atoms with Crippen LogP contribution in [0.3, 0.4) is 0 Å². The molecule has 4 heteroatoms. The summed E-state index contributed by atoms with van der Waals surface area (Å²) in [5, 5.41) is 8.95. The Morgan fingerprint density at radius 3 is 2.20 bits per heavy atom. The zero-order chi connectivity index (χ0) is 11.3. The lowest BCUT2D eigenvalue weighted by molar-refractivity contribution is -0.143. The van der Waals surface area contributed by atoms with E-state index in [1.54, 1.807) is 6.92 Å². The van der Waals surface area contributed by atoms with E-state index >= 15 is 0 Å². The van der Waals surface area contributed by atoms with E-state index in [1.807, 2.05) is 0 Å². The van der Waals surface area contributed by atoms with Crippen molar-refractivity contribution in [1.29, 1.82) is 0 Å². The van der Waals surface area contributed by atoms with Gasteiger partial charge in [-0.3, -0.25) is 4.79 Å². The maximum absolute atomic E-state index is 10.9. The third-order valence-electron chi connectivity index (χ3n) is 2.99. The quantitative estimate of drug-likeness (QED) is 0.737. The molecule has 1 fully saturated rings. The molecule has 1 heterocycles. The molecule has 0 radical (unpaired) electrons. The van der Waals surface area contributed by atoms with E-state index in [2.05, 4.69) is 4.90 Å². The van der Waals surface area contributed by atoms with Crippen LogP contribution in [0, 0.1) is 0 Å². The first-order valence-corrected chi connectivity index (χ1v) is 5.77. The third-order valence-corrected chi connectivity index (χ3v) is 2.99. The van der Waals surface area contributed by atoms with Gasteiger partial charge in [0.2, 0.25) is 0 Å². The second-order valence-electron chi connectivity index (χ2n) is 4.77. The summed E-state index contributed by atoms with van der Waals surface area (Å²) in [5.74, 6) is -0.912. The molecule has 88 valence electrons. The average molecular weight is 214 g/mol. The number of rotatable bonds is 3. The van der Waals surface area contributed by atoms with Crippen LogP contribution < -0.4 is 5.73 Å². The Morgan fingerprint density at radius 1 is 1.27 bits per heavy atom. The fourth-order valence-corrected chi connectivity index (χ4v) is 2.00. The highest BCUT2D eigenvalue weighted by molar-refractivity contribution is 5.78. The van der Waals surface area contributed by atoms with Crippen LogP contribution in [-0.2, 0) is 4.79 Å². The monoisotopic (exact) mass is 214 g/mol. The number of hydrogen-bond acceptors (Lipinski definition) is 3. The van der Waals surface area contributed by atoms with Crippen LogP contribution in [-0.4, -0.2) is 41.1 Å². The molecule has 1 rings (SSSR count). The number of carboxylic acid groups (broad SMARTS) is 1. The second kappa shape index (κ2) is 5.47. The Kier molecular flexibility index (Phi) is 4.54. The van der Waals surface area contributed by atoms with Gasteiger partial charge in [0.15, 0.2) is 0 Å². The highest BCUT2D eigenvalue weighted by atomic mass is 16.4. The Hall–Kier alpha value is -0.610. The summed E-state index contributed by atoms with van der Waals surface area (Å²) in [6.45, 7) is 4.02. The van der Waals surface area contributed by atoms with Crippen LogP contribution in [0.5, 0.6) is 0 Å². The van der Waals surface area contributed by atoms with Gasteiger partial charge in [0.25, 0.3) is 0 Å². The molecule has 0 saturated carbocycles. The number of aliphatic carboxylic acids is 1. The Balaban J connectivity index is 2.44. The van der Waals surface area contributed by atoms with Gasteiger partial charge < -0.3 is 15.7 Å². The SMILES string of the molecule is CC(N)(CN1CCCCCCC1)C(=O)O. The molecule has 1 aliphatic rings. The van der Waals surface area contributed by atoms with E-state index < -0.39 is 11.5 Å². The number of hydrogen-bond donors (Lipinski definition) is 2. The summed E-state index contributed by atoms with van der Waals surface area (Å²) >= 11 is 0. The summed E-state index contributed by atoms with van der Waals surface area (Å²) in [4.78, 5) is 13.1. The van der Waals surface area contributed by atoms with Gasteiger partial charge in [0.05, 0.1) is 0 Å². The normalized spacial score (nSPS) is 23.9.